The third-order valence-corrected chi connectivity index (χ3v) is 12.4. The summed E-state index contributed by atoms with van der Waals surface area (Å²) >= 11 is 0. The second kappa shape index (κ2) is 13.6. The number of carboxylic acids is 1. The molecule has 0 spiro atoms. The number of aliphatic carboxylic acids is 1. The van der Waals surface area contributed by atoms with Crippen LogP contribution in [0.2, 0.25) is 0 Å². The number of nitrogens with one attached hydrogen (secondary N) is 2. The van der Waals surface area contributed by atoms with Gasteiger partial charge in [0.25, 0.3) is 0 Å². The summed E-state index contributed by atoms with van der Waals surface area (Å²) in [6, 6.07) is 22.5. The van der Waals surface area contributed by atoms with E-state index < -0.39 is 11.4 Å². The summed E-state index contributed by atoms with van der Waals surface area (Å²) in [5, 5.41) is 38.1. The first kappa shape index (κ1) is 35.1. The van der Waals surface area contributed by atoms with Gasteiger partial charge in [-0.2, -0.15) is 5.26 Å². The van der Waals surface area contributed by atoms with Crippen LogP contribution in [0.5, 0.6) is 0 Å². The van der Waals surface area contributed by atoms with E-state index in [-0.39, 0.29) is 11.6 Å². The van der Waals surface area contributed by atoms with E-state index in [9.17, 15) is 20.3 Å². The van der Waals surface area contributed by atoms with Gasteiger partial charge >= 0.3 is 5.97 Å². The zero-order valence-corrected chi connectivity index (χ0v) is 31.0. The lowest BCUT2D eigenvalue weighted by molar-refractivity contribution is -0.148. The number of aliphatic hydroxyl groups is 1. The van der Waals surface area contributed by atoms with Gasteiger partial charge in [-0.25, -0.2) is 9.97 Å². The van der Waals surface area contributed by atoms with Crippen molar-refractivity contribution in [1.82, 2.24) is 25.2 Å². The molecule has 3 aromatic carbocycles. The van der Waals surface area contributed by atoms with Gasteiger partial charge in [0.2, 0.25) is 5.89 Å². The van der Waals surface area contributed by atoms with Crippen LogP contribution in [0.1, 0.15) is 66.3 Å². The Morgan fingerprint density at radius 2 is 1.78 bits per heavy atom. The molecule has 278 valence electrons. The average Bonchev–Trinajstić information content (AvgIpc) is 3.98. The molecule has 55 heavy (non-hydrogen) atoms. The van der Waals surface area contributed by atoms with Crippen molar-refractivity contribution in [2.75, 3.05) is 18.4 Å². The molecule has 11 nitrogen and oxygen atoms in total. The number of nitrogens with zero attached hydrogens (tertiary/aromatic N) is 5. The molecule has 2 bridgehead atoms. The molecule has 4 heterocycles. The number of aliphatic hydroxyl groups excluding tert-OH is 1. The fraction of sp³-hybridized carbons (Fsp3) is 0.341. The molecule has 4 N–H and O–H groups in total. The summed E-state index contributed by atoms with van der Waals surface area (Å²) in [6.07, 6.45) is 8.01. The topological polar surface area (TPSA) is 160 Å². The Hall–Kier alpha value is -5.67. The van der Waals surface area contributed by atoms with E-state index in [1.54, 1.807) is 6.20 Å². The van der Waals surface area contributed by atoms with Gasteiger partial charge in [-0.05, 0) is 122 Å². The molecule has 0 amide bonds. The van der Waals surface area contributed by atoms with Crippen LogP contribution in [0, 0.1) is 30.6 Å². The normalized spacial score (nSPS) is 22.1. The first-order valence-electron chi connectivity index (χ1n) is 19.1. The van der Waals surface area contributed by atoms with Crippen LogP contribution in [-0.4, -0.2) is 60.8 Å². The Morgan fingerprint density at radius 3 is 2.53 bits per heavy atom. The highest BCUT2D eigenvalue weighted by Gasteiger charge is 2.58. The van der Waals surface area contributed by atoms with E-state index in [1.165, 1.54) is 0 Å². The van der Waals surface area contributed by atoms with Crippen LogP contribution in [-0.2, 0) is 17.9 Å². The number of pyridine rings is 2. The van der Waals surface area contributed by atoms with Gasteiger partial charge in [0.05, 0.1) is 17.1 Å². The van der Waals surface area contributed by atoms with Gasteiger partial charge in [-0.3, -0.25) is 14.7 Å². The number of likely N-dealkylation sites (tertiary alicyclic amines) is 1. The zero-order chi connectivity index (χ0) is 37.9. The van der Waals surface area contributed by atoms with Gasteiger partial charge in [-0.1, -0.05) is 24.3 Å². The van der Waals surface area contributed by atoms with Gasteiger partial charge in [-0.15, -0.1) is 0 Å². The largest absolute Gasteiger partial charge is 0.481 e. The van der Waals surface area contributed by atoms with Crippen molar-refractivity contribution in [3.05, 3.63) is 101 Å². The van der Waals surface area contributed by atoms with E-state index in [4.69, 9.17) is 14.4 Å². The number of aromatic nitrogens is 3. The predicted molar refractivity (Wildman–Crippen MR) is 211 cm³/mol. The molecule has 11 heteroatoms. The number of benzene rings is 3. The van der Waals surface area contributed by atoms with E-state index in [2.05, 4.69) is 58.6 Å². The number of rotatable bonds is 10. The van der Waals surface area contributed by atoms with Crippen molar-refractivity contribution in [3.63, 3.8) is 0 Å². The number of hydrogen-bond acceptors (Lipinski definition) is 10. The Labute approximate surface area is 319 Å². The number of β-amino-alcohol motifs (C(OH)–C–C–N with tert-alkyl or cyclic N) is 1. The molecule has 6 aromatic rings. The van der Waals surface area contributed by atoms with Gasteiger partial charge in [0.1, 0.15) is 17.1 Å². The smallest absolute Gasteiger partial charge is 0.309 e. The highest BCUT2D eigenvalue weighted by Crippen LogP contribution is 2.56. The molecule has 1 atom stereocenters. The standard InChI is InChI=1S/C44H43N7O4/c1-26-33(34-6-4-8-36(27(34)2)49-40-38-30(9-15-46-40)18-29(21-47-38)23-51-16-10-32(52)24-51)5-3-7-35(26)41-50-37-19-28(17-31(20-45)39(37)55-41)22-48-44-13-11-43(25-44,12-14-44)42(53)54/h3-9,15,17-19,21,32,48,52H,10-14,16,22-25H2,1-2H3,(H,46,49)(H,53,54). The van der Waals surface area contributed by atoms with Crippen LogP contribution >= 0.6 is 0 Å². The van der Waals surface area contributed by atoms with Gasteiger partial charge in [0, 0.05) is 60.7 Å². The molecule has 3 aliphatic rings. The van der Waals surface area contributed by atoms with E-state index in [1.807, 2.05) is 48.7 Å². The van der Waals surface area contributed by atoms with Crippen LogP contribution < -0.4 is 10.6 Å². The second-order valence-corrected chi connectivity index (χ2v) is 15.9. The number of carboxylic acid groups (broad SMARTS) is 1. The molecule has 2 aliphatic carbocycles. The average molecular weight is 734 g/mol. The summed E-state index contributed by atoms with van der Waals surface area (Å²) in [5.41, 5.74) is 9.44. The molecule has 1 aliphatic heterocycles. The molecule has 1 unspecified atom stereocenters. The van der Waals surface area contributed by atoms with Gasteiger partial charge in [0.15, 0.2) is 11.4 Å². The quantitative estimate of drug-likeness (QED) is 0.109. The molecule has 3 fully saturated rings. The van der Waals surface area contributed by atoms with E-state index >= 15 is 0 Å². The minimum Gasteiger partial charge on any atom is -0.481 e. The second-order valence-electron chi connectivity index (χ2n) is 15.9. The first-order valence-corrected chi connectivity index (χ1v) is 19.1. The molecule has 9 rings (SSSR count). The third kappa shape index (κ3) is 6.30. The van der Waals surface area contributed by atoms with Crippen LogP contribution in [0.25, 0.3) is 44.6 Å². The summed E-state index contributed by atoms with van der Waals surface area (Å²) in [7, 11) is 0. The fourth-order valence-electron chi connectivity index (χ4n) is 9.26. The monoisotopic (exact) mass is 733 g/mol. The Bertz CT molecular complexity index is 2530. The van der Waals surface area contributed by atoms with Crippen molar-refractivity contribution in [1.29, 1.82) is 5.26 Å². The lowest BCUT2D eigenvalue weighted by Crippen LogP contribution is -2.40. The number of oxazole rings is 1. The third-order valence-electron chi connectivity index (χ3n) is 12.4. The zero-order valence-electron chi connectivity index (χ0n) is 31.0. The Kier molecular flexibility index (Phi) is 8.65. The maximum absolute atomic E-state index is 12.0. The summed E-state index contributed by atoms with van der Waals surface area (Å²) < 4.78 is 6.33. The lowest BCUT2D eigenvalue weighted by Gasteiger charge is -2.28. The number of hydrogen-bond donors (Lipinski definition) is 4. The summed E-state index contributed by atoms with van der Waals surface area (Å²) in [4.78, 5) is 28.6. The minimum atomic E-state index is -0.683. The van der Waals surface area contributed by atoms with E-state index in [0.717, 1.165) is 87.9 Å². The van der Waals surface area contributed by atoms with Crippen LogP contribution in [0.4, 0.5) is 11.5 Å². The molecular weight excluding hydrogens is 691 g/mol. The van der Waals surface area contributed by atoms with Crippen molar-refractivity contribution in [2.24, 2.45) is 5.41 Å². The van der Waals surface area contributed by atoms with Crippen molar-refractivity contribution in [2.45, 2.75) is 77.1 Å². The maximum atomic E-state index is 12.0. The highest BCUT2D eigenvalue weighted by molar-refractivity contribution is 5.91. The van der Waals surface area contributed by atoms with E-state index in [0.29, 0.717) is 60.7 Å². The Balaban J connectivity index is 0.973. The molecule has 3 aromatic heterocycles. The molecule has 2 saturated carbocycles. The highest BCUT2D eigenvalue weighted by atomic mass is 16.4. The number of carbonyl (C=O) groups is 1. The number of nitriles is 1. The predicted octanol–water partition coefficient (Wildman–Crippen LogP) is 7.78. The van der Waals surface area contributed by atoms with Crippen molar-refractivity contribution in [3.8, 4) is 28.7 Å². The van der Waals surface area contributed by atoms with Crippen molar-refractivity contribution < 1.29 is 19.4 Å². The summed E-state index contributed by atoms with van der Waals surface area (Å²) in [5.74, 6) is 0.447. The lowest BCUT2D eigenvalue weighted by atomic mass is 9.84. The van der Waals surface area contributed by atoms with Crippen molar-refractivity contribution >= 4 is 39.5 Å². The summed E-state index contributed by atoms with van der Waals surface area (Å²) in [6.45, 7) is 7.02. The SMILES string of the molecule is Cc1c(Nc2nccc3cc(CN4CCC(O)C4)cnc23)cccc1-c1cccc(-c2nc3cc(CNC45CCC(C(=O)O)(CC4)C5)cc(C#N)c3o2)c1C. The number of fused-ring (bicyclic) bond motifs is 4. The molecule has 0 radical (unpaired) electrons. The number of anilines is 2. The maximum Gasteiger partial charge on any atom is 0.309 e. The fourth-order valence-corrected chi connectivity index (χ4v) is 9.26. The molecular formula is C44H43N7O4. The van der Waals surface area contributed by atoms with Crippen LogP contribution in [0.15, 0.2) is 77.5 Å². The molecule has 1 saturated heterocycles. The minimum absolute atomic E-state index is 0.177. The Morgan fingerprint density at radius 1 is 1.00 bits per heavy atom. The first-order chi connectivity index (χ1) is 26.6. The van der Waals surface area contributed by atoms with Crippen LogP contribution in [0.3, 0.4) is 0 Å². The van der Waals surface area contributed by atoms with Gasteiger partial charge < -0.3 is 25.3 Å².